The molecule has 133 valence electrons. The van der Waals surface area contributed by atoms with Gasteiger partial charge in [-0.25, -0.2) is 0 Å². The van der Waals surface area contributed by atoms with E-state index in [4.69, 9.17) is 4.74 Å². The van der Waals surface area contributed by atoms with E-state index in [1.54, 1.807) is 0 Å². The minimum atomic E-state index is 0.934. The van der Waals surface area contributed by atoms with Crippen LogP contribution in [0.25, 0.3) is 0 Å². The summed E-state index contributed by atoms with van der Waals surface area (Å²) in [5, 5.41) is 0. The van der Waals surface area contributed by atoms with Gasteiger partial charge in [-0.15, -0.1) is 0 Å². The van der Waals surface area contributed by atoms with Crippen LogP contribution in [0.4, 0.5) is 0 Å². The fraction of sp³-hybridized carbons (Fsp3) is 0.952. The summed E-state index contributed by atoms with van der Waals surface area (Å²) in [4.78, 5) is 0. The molecule has 0 spiro atoms. The highest BCUT2D eigenvalue weighted by Crippen LogP contribution is 2.12. The molecule has 1 radical (unpaired) electrons. The van der Waals surface area contributed by atoms with Gasteiger partial charge in [0.25, 0.3) is 0 Å². The Morgan fingerprint density at radius 3 is 1.41 bits per heavy atom. The normalized spacial score (nSPS) is 11.2. The fourth-order valence-corrected chi connectivity index (χ4v) is 2.85. The van der Waals surface area contributed by atoms with Crippen LogP contribution >= 0.6 is 0 Å². The molecule has 0 aliphatic heterocycles. The maximum atomic E-state index is 5.60. The molecule has 0 atom stereocenters. The lowest BCUT2D eigenvalue weighted by Crippen LogP contribution is -1.92. The van der Waals surface area contributed by atoms with Crippen LogP contribution in [0.2, 0.25) is 0 Å². The molecule has 0 saturated carbocycles. The van der Waals surface area contributed by atoms with Crippen molar-refractivity contribution in [2.24, 2.45) is 0 Å². The first-order valence-corrected chi connectivity index (χ1v) is 10.3. The van der Waals surface area contributed by atoms with E-state index in [1.165, 1.54) is 103 Å². The first-order chi connectivity index (χ1) is 10.9. The Hall–Kier alpha value is -0.0400. The van der Waals surface area contributed by atoms with Gasteiger partial charge in [0.05, 0.1) is 6.61 Å². The van der Waals surface area contributed by atoms with Gasteiger partial charge < -0.3 is 4.74 Å². The van der Waals surface area contributed by atoms with Gasteiger partial charge in [0.2, 0.25) is 0 Å². The molecule has 0 aliphatic carbocycles. The van der Waals surface area contributed by atoms with Gasteiger partial charge in [-0.2, -0.15) is 0 Å². The Morgan fingerprint density at radius 1 is 0.500 bits per heavy atom. The van der Waals surface area contributed by atoms with Crippen LogP contribution in [0, 0.1) is 6.61 Å². The maximum absolute atomic E-state index is 5.60. The van der Waals surface area contributed by atoms with Gasteiger partial charge in [-0.3, -0.25) is 0 Å². The van der Waals surface area contributed by atoms with Gasteiger partial charge in [0, 0.05) is 6.61 Å². The van der Waals surface area contributed by atoms with Crippen LogP contribution in [0.3, 0.4) is 0 Å². The Kier molecular flexibility index (Phi) is 20.9. The van der Waals surface area contributed by atoms with Crippen molar-refractivity contribution in [2.45, 2.75) is 123 Å². The van der Waals surface area contributed by atoms with Crippen molar-refractivity contribution < 1.29 is 4.74 Å². The zero-order chi connectivity index (χ0) is 16.1. The van der Waals surface area contributed by atoms with Crippen molar-refractivity contribution in [3.63, 3.8) is 0 Å². The van der Waals surface area contributed by atoms with E-state index < -0.39 is 0 Å². The second-order valence-corrected chi connectivity index (χ2v) is 6.78. The Labute approximate surface area is 141 Å². The molecule has 22 heavy (non-hydrogen) atoms. The first-order valence-electron chi connectivity index (χ1n) is 10.3. The van der Waals surface area contributed by atoms with E-state index >= 15 is 0 Å². The van der Waals surface area contributed by atoms with Crippen LogP contribution in [-0.4, -0.2) is 6.61 Å². The minimum Gasteiger partial charge on any atom is -0.376 e. The third-order valence-electron chi connectivity index (χ3n) is 4.41. The third kappa shape index (κ3) is 20.0. The SMILES string of the molecule is CCCCCCCCCCCC[CH]OCCCCCCCC. The predicted molar refractivity (Wildman–Crippen MR) is 100 cm³/mol. The van der Waals surface area contributed by atoms with Gasteiger partial charge >= 0.3 is 0 Å². The topological polar surface area (TPSA) is 9.23 Å². The molecule has 0 N–H and O–H groups in total. The molecular weight excluding hydrogens is 268 g/mol. The molecule has 1 heteroatoms. The number of hydrogen-bond donors (Lipinski definition) is 0. The monoisotopic (exact) mass is 311 g/mol. The number of rotatable bonds is 19. The van der Waals surface area contributed by atoms with E-state index in [1.807, 2.05) is 0 Å². The molecule has 0 aliphatic rings. The third-order valence-corrected chi connectivity index (χ3v) is 4.41. The summed E-state index contributed by atoms with van der Waals surface area (Å²) >= 11 is 0. The maximum Gasteiger partial charge on any atom is 0.0836 e. The molecule has 0 unspecified atom stereocenters. The standard InChI is InChI=1S/C21H43O/c1-3-5-7-9-11-12-13-14-15-17-19-21-22-20-18-16-10-8-6-4-2/h21H,3-20H2,1-2H3. The van der Waals surface area contributed by atoms with E-state index in [0.717, 1.165) is 13.0 Å². The molecule has 0 heterocycles. The second-order valence-electron chi connectivity index (χ2n) is 6.78. The van der Waals surface area contributed by atoms with Crippen molar-refractivity contribution >= 4 is 0 Å². The summed E-state index contributed by atoms with van der Waals surface area (Å²) in [5.41, 5.74) is 0. The summed E-state index contributed by atoms with van der Waals surface area (Å²) < 4.78 is 5.60. The van der Waals surface area contributed by atoms with E-state index in [0.29, 0.717) is 0 Å². The quantitative estimate of drug-likeness (QED) is 0.221. The fourth-order valence-electron chi connectivity index (χ4n) is 2.85. The molecule has 0 amide bonds. The van der Waals surface area contributed by atoms with E-state index in [9.17, 15) is 0 Å². The summed E-state index contributed by atoms with van der Waals surface area (Å²) in [5.74, 6) is 0. The Balaban J connectivity index is 2.91. The lowest BCUT2D eigenvalue weighted by molar-refractivity contribution is 0.183. The summed E-state index contributed by atoms with van der Waals surface area (Å²) in [6.07, 6.45) is 23.4. The van der Waals surface area contributed by atoms with Crippen LogP contribution in [0.5, 0.6) is 0 Å². The highest BCUT2D eigenvalue weighted by atomic mass is 16.5. The number of ether oxygens (including phenoxy) is 1. The largest absolute Gasteiger partial charge is 0.376 e. The van der Waals surface area contributed by atoms with Crippen LogP contribution in [-0.2, 0) is 4.74 Å². The molecule has 0 bridgehead atoms. The number of unbranched alkanes of at least 4 members (excludes halogenated alkanes) is 15. The molecule has 0 saturated heterocycles. The highest BCUT2D eigenvalue weighted by molar-refractivity contribution is 4.54. The molecule has 0 fully saturated rings. The van der Waals surface area contributed by atoms with Gasteiger partial charge in [0.1, 0.15) is 0 Å². The summed E-state index contributed by atoms with van der Waals surface area (Å²) in [6.45, 7) is 7.54. The van der Waals surface area contributed by atoms with Crippen molar-refractivity contribution in [2.75, 3.05) is 6.61 Å². The van der Waals surface area contributed by atoms with Crippen LogP contribution < -0.4 is 0 Å². The van der Waals surface area contributed by atoms with Crippen molar-refractivity contribution in [3.8, 4) is 0 Å². The van der Waals surface area contributed by atoms with Crippen molar-refractivity contribution in [1.82, 2.24) is 0 Å². The Morgan fingerprint density at radius 2 is 0.909 bits per heavy atom. The summed E-state index contributed by atoms with van der Waals surface area (Å²) in [7, 11) is 0. The lowest BCUT2D eigenvalue weighted by atomic mass is 10.1. The average molecular weight is 312 g/mol. The molecule has 0 aromatic carbocycles. The van der Waals surface area contributed by atoms with Crippen LogP contribution in [0.1, 0.15) is 123 Å². The lowest BCUT2D eigenvalue weighted by Gasteiger charge is -2.04. The average Bonchev–Trinajstić information content (AvgIpc) is 2.54. The van der Waals surface area contributed by atoms with Crippen LogP contribution in [0.15, 0.2) is 0 Å². The zero-order valence-electron chi connectivity index (χ0n) is 15.7. The summed E-state index contributed by atoms with van der Waals surface area (Å²) in [6, 6.07) is 0. The molecule has 0 aromatic heterocycles. The molecule has 0 rings (SSSR count). The Bertz CT molecular complexity index is 159. The zero-order valence-corrected chi connectivity index (χ0v) is 15.7. The highest BCUT2D eigenvalue weighted by Gasteiger charge is 1.95. The first kappa shape index (κ1) is 22.0. The van der Waals surface area contributed by atoms with E-state index in [-0.39, 0.29) is 0 Å². The predicted octanol–water partition coefficient (Wildman–Crippen LogP) is 7.84. The van der Waals surface area contributed by atoms with E-state index in [2.05, 4.69) is 20.5 Å². The van der Waals surface area contributed by atoms with Gasteiger partial charge in [-0.05, 0) is 12.8 Å². The molecule has 1 nitrogen and oxygen atoms in total. The molecule has 0 aromatic rings. The van der Waals surface area contributed by atoms with Gasteiger partial charge in [-0.1, -0.05) is 110 Å². The van der Waals surface area contributed by atoms with Crippen molar-refractivity contribution in [3.05, 3.63) is 6.61 Å². The second kappa shape index (κ2) is 21.0. The van der Waals surface area contributed by atoms with Crippen molar-refractivity contribution in [1.29, 1.82) is 0 Å². The van der Waals surface area contributed by atoms with Gasteiger partial charge in [0.15, 0.2) is 0 Å². The number of hydrogen-bond acceptors (Lipinski definition) is 1. The smallest absolute Gasteiger partial charge is 0.0836 e. The minimum absolute atomic E-state index is 0.934. The molecular formula is C21H43O.